The second-order valence-corrected chi connectivity index (χ2v) is 8.74. The molecule has 1 aliphatic carbocycles. The minimum absolute atomic E-state index is 0.273. The minimum atomic E-state index is -0.734. The molecule has 34 heavy (non-hydrogen) atoms. The molecule has 3 heteroatoms. The number of hydrogen-bond acceptors (Lipinski definition) is 3. The number of nitrogens with one attached hydrogen (secondary N) is 1. The molecular formula is C31H29NO2. The van der Waals surface area contributed by atoms with E-state index >= 15 is 0 Å². The lowest BCUT2D eigenvalue weighted by molar-refractivity contribution is 0.157. The van der Waals surface area contributed by atoms with Gasteiger partial charge in [-0.2, -0.15) is 0 Å². The van der Waals surface area contributed by atoms with Gasteiger partial charge in [0, 0.05) is 6.04 Å². The Morgan fingerprint density at radius 3 is 1.94 bits per heavy atom. The summed E-state index contributed by atoms with van der Waals surface area (Å²) in [5.41, 5.74) is 6.47. The second-order valence-electron chi connectivity index (χ2n) is 8.74. The number of hydrogen-bond donors (Lipinski definition) is 2. The van der Waals surface area contributed by atoms with Crippen LogP contribution in [0.1, 0.15) is 22.3 Å². The maximum absolute atomic E-state index is 11.1. The molecule has 0 aromatic heterocycles. The van der Waals surface area contributed by atoms with Crippen LogP contribution in [0.5, 0.6) is 5.75 Å². The van der Waals surface area contributed by atoms with Crippen molar-refractivity contribution in [1.82, 2.24) is 5.32 Å². The molecule has 0 radical (unpaired) electrons. The third-order valence-electron chi connectivity index (χ3n) is 6.83. The minimum Gasteiger partial charge on any atom is -0.497 e. The molecule has 3 nitrogen and oxygen atoms in total. The van der Waals surface area contributed by atoms with Crippen LogP contribution in [0.15, 0.2) is 116 Å². The van der Waals surface area contributed by atoms with Crippen LogP contribution in [-0.2, 0) is 12.0 Å². The van der Waals surface area contributed by atoms with E-state index < -0.39 is 11.6 Å². The van der Waals surface area contributed by atoms with E-state index in [0.29, 0.717) is 6.42 Å². The normalized spacial score (nSPS) is 15.1. The molecule has 0 heterocycles. The standard InChI is InChI=1S/C31H29NO2/c1-3-30(33)29(21-22-17-19-24(34-2)20-18-22)32-31(23-11-5-4-6-12-23)27-15-9-7-13-25(27)26-14-8-10-16-28(26)31/h3-20,29-30,32-33H,1,21H2,2H3/t29-,30-/m1/s1. The number of aliphatic hydroxyl groups excluding tert-OH is 1. The van der Waals surface area contributed by atoms with Crippen LogP contribution in [0.2, 0.25) is 0 Å². The topological polar surface area (TPSA) is 41.5 Å². The Kier molecular flexibility index (Phi) is 6.06. The smallest absolute Gasteiger partial charge is 0.118 e. The third-order valence-corrected chi connectivity index (χ3v) is 6.83. The van der Waals surface area contributed by atoms with Gasteiger partial charge in [-0.15, -0.1) is 6.58 Å². The van der Waals surface area contributed by atoms with Crippen LogP contribution < -0.4 is 10.1 Å². The van der Waals surface area contributed by atoms with Crippen molar-refractivity contribution in [3.63, 3.8) is 0 Å². The second kappa shape index (κ2) is 9.30. The van der Waals surface area contributed by atoms with Crippen molar-refractivity contribution < 1.29 is 9.84 Å². The molecule has 0 unspecified atom stereocenters. The first-order chi connectivity index (χ1) is 16.7. The van der Waals surface area contributed by atoms with Gasteiger partial charge in [-0.05, 0) is 51.9 Å². The molecular weight excluding hydrogens is 418 g/mol. The fraction of sp³-hybridized carbons (Fsp3) is 0.161. The van der Waals surface area contributed by atoms with Crippen molar-refractivity contribution in [2.24, 2.45) is 0 Å². The van der Waals surface area contributed by atoms with E-state index in [1.54, 1.807) is 13.2 Å². The fourth-order valence-corrected chi connectivity index (χ4v) is 5.19. The Morgan fingerprint density at radius 2 is 1.38 bits per heavy atom. The van der Waals surface area contributed by atoms with E-state index in [0.717, 1.165) is 16.9 Å². The largest absolute Gasteiger partial charge is 0.497 e. The zero-order chi connectivity index (χ0) is 23.5. The van der Waals surface area contributed by atoms with Crippen LogP contribution >= 0.6 is 0 Å². The van der Waals surface area contributed by atoms with Crippen LogP contribution in [0.3, 0.4) is 0 Å². The predicted molar refractivity (Wildman–Crippen MR) is 138 cm³/mol. The summed E-state index contributed by atoms with van der Waals surface area (Å²) >= 11 is 0. The van der Waals surface area contributed by atoms with Crippen molar-refractivity contribution in [1.29, 1.82) is 0 Å². The Labute approximate surface area is 201 Å². The number of aliphatic hydroxyl groups is 1. The first-order valence-corrected chi connectivity index (χ1v) is 11.6. The average Bonchev–Trinajstić information content (AvgIpc) is 3.19. The molecule has 170 valence electrons. The molecule has 0 amide bonds. The summed E-state index contributed by atoms with van der Waals surface area (Å²) in [7, 11) is 1.67. The van der Waals surface area contributed by atoms with Crippen molar-refractivity contribution in [2.75, 3.05) is 7.11 Å². The van der Waals surface area contributed by atoms with E-state index in [9.17, 15) is 5.11 Å². The van der Waals surface area contributed by atoms with Gasteiger partial charge >= 0.3 is 0 Å². The Balaban J connectivity index is 1.66. The summed E-state index contributed by atoms with van der Waals surface area (Å²) < 4.78 is 5.32. The number of rotatable bonds is 8. The molecule has 0 saturated carbocycles. The van der Waals surface area contributed by atoms with Crippen molar-refractivity contribution >= 4 is 0 Å². The molecule has 4 aromatic rings. The number of fused-ring (bicyclic) bond motifs is 3. The molecule has 2 atom stereocenters. The van der Waals surface area contributed by atoms with Crippen molar-refractivity contribution in [3.05, 3.63) is 138 Å². The first-order valence-electron chi connectivity index (χ1n) is 11.6. The summed E-state index contributed by atoms with van der Waals surface area (Å²) in [5.74, 6) is 0.817. The van der Waals surface area contributed by atoms with E-state index in [2.05, 4.69) is 96.8 Å². The Hall–Kier alpha value is -3.66. The lowest BCUT2D eigenvalue weighted by Gasteiger charge is -2.39. The van der Waals surface area contributed by atoms with Crippen molar-refractivity contribution in [3.8, 4) is 16.9 Å². The zero-order valence-electron chi connectivity index (χ0n) is 19.3. The van der Waals surface area contributed by atoms with Gasteiger partial charge in [0.1, 0.15) is 5.75 Å². The molecule has 2 N–H and O–H groups in total. The van der Waals surface area contributed by atoms with Gasteiger partial charge in [0.05, 0.1) is 18.8 Å². The van der Waals surface area contributed by atoms with Gasteiger partial charge < -0.3 is 9.84 Å². The summed E-state index contributed by atoms with van der Waals surface area (Å²) in [6, 6.07) is 35.4. The molecule has 0 fully saturated rings. The predicted octanol–water partition coefficient (Wildman–Crippen LogP) is 5.72. The molecule has 0 spiro atoms. The van der Waals surface area contributed by atoms with E-state index in [1.165, 1.54) is 22.3 Å². The Morgan fingerprint density at radius 1 is 0.824 bits per heavy atom. The highest BCUT2D eigenvalue weighted by atomic mass is 16.5. The van der Waals surface area contributed by atoms with Gasteiger partial charge in [0.2, 0.25) is 0 Å². The highest BCUT2D eigenvalue weighted by molar-refractivity contribution is 5.83. The molecule has 1 aliphatic rings. The summed E-state index contributed by atoms with van der Waals surface area (Å²) in [4.78, 5) is 0. The quantitative estimate of drug-likeness (QED) is 0.340. The monoisotopic (exact) mass is 447 g/mol. The van der Waals surface area contributed by atoms with Gasteiger partial charge in [-0.25, -0.2) is 0 Å². The van der Waals surface area contributed by atoms with E-state index in [4.69, 9.17) is 4.74 Å². The summed E-state index contributed by atoms with van der Waals surface area (Å²) in [5, 5.41) is 15.0. The molecule has 0 aliphatic heterocycles. The highest BCUT2D eigenvalue weighted by Gasteiger charge is 2.46. The van der Waals surface area contributed by atoms with Gasteiger partial charge in [0.15, 0.2) is 0 Å². The van der Waals surface area contributed by atoms with Crippen LogP contribution in [-0.4, -0.2) is 24.4 Å². The lowest BCUT2D eigenvalue weighted by atomic mass is 9.79. The maximum atomic E-state index is 11.1. The number of benzene rings is 4. The summed E-state index contributed by atoms with van der Waals surface area (Å²) in [6.07, 6.45) is 1.52. The number of methoxy groups -OCH3 is 1. The lowest BCUT2D eigenvalue weighted by Crippen LogP contribution is -2.53. The van der Waals surface area contributed by atoms with Crippen LogP contribution in [0.4, 0.5) is 0 Å². The van der Waals surface area contributed by atoms with Gasteiger partial charge in [0.25, 0.3) is 0 Å². The Bertz CT molecular complexity index is 1230. The highest BCUT2D eigenvalue weighted by Crippen LogP contribution is 2.51. The SMILES string of the molecule is C=C[C@@H](O)[C@@H](Cc1ccc(OC)cc1)NC1(c2ccccc2)c2ccccc2-c2ccccc21. The fourth-order valence-electron chi connectivity index (χ4n) is 5.19. The summed E-state index contributed by atoms with van der Waals surface area (Å²) in [6.45, 7) is 3.90. The molecule has 0 saturated heterocycles. The third kappa shape index (κ3) is 3.73. The first kappa shape index (κ1) is 22.1. The van der Waals surface area contributed by atoms with Crippen LogP contribution in [0, 0.1) is 0 Å². The number of ether oxygens (including phenoxy) is 1. The average molecular weight is 448 g/mol. The van der Waals surface area contributed by atoms with Crippen molar-refractivity contribution in [2.45, 2.75) is 24.1 Å². The molecule has 4 aromatic carbocycles. The zero-order valence-corrected chi connectivity index (χ0v) is 19.3. The van der Waals surface area contributed by atoms with E-state index in [1.807, 2.05) is 18.2 Å². The molecule has 0 bridgehead atoms. The van der Waals surface area contributed by atoms with E-state index in [-0.39, 0.29) is 6.04 Å². The van der Waals surface area contributed by atoms with Gasteiger partial charge in [-0.3, -0.25) is 5.32 Å². The maximum Gasteiger partial charge on any atom is 0.118 e. The van der Waals surface area contributed by atoms with Gasteiger partial charge in [-0.1, -0.05) is 97.1 Å². The molecule has 5 rings (SSSR count). The van der Waals surface area contributed by atoms with Crippen LogP contribution in [0.25, 0.3) is 11.1 Å².